The number of allylic oxidation sites excluding steroid dienone is 2. The van der Waals surface area contributed by atoms with Crippen molar-refractivity contribution in [1.29, 1.82) is 0 Å². The van der Waals surface area contributed by atoms with Gasteiger partial charge in [0.15, 0.2) is 11.8 Å². The lowest BCUT2D eigenvalue weighted by molar-refractivity contribution is -1.04. The van der Waals surface area contributed by atoms with E-state index in [1.165, 1.54) is 5.57 Å². The van der Waals surface area contributed by atoms with E-state index in [4.69, 9.17) is 4.84 Å². The molecule has 0 fully saturated rings. The van der Waals surface area contributed by atoms with Crippen LogP contribution in [0.2, 0.25) is 0 Å². The molecule has 0 saturated heterocycles. The summed E-state index contributed by atoms with van der Waals surface area (Å²) in [5, 5.41) is 11.9. The van der Waals surface area contributed by atoms with Crippen LogP contribution in [0.25, 0.3) is 0 Å². The first-order valence-electron chi connectivity index (χ1n) is 6.21. The Kier molecular flexibility index (Phi) is 3.84. The number of benzene rings is 1. The minimum absolute atomic E-state index is 0.185. The Hall–Kier alpha value is -1.58. The fourth-order valence-electron chi connectivity index (χ4n) is 2.09. The van der Waals surface area contributed by atoms with Crippen molar-refractivity contribution in [2.24, 2.45) is 5.92 Å². The van der Waals surface area contributed by atoms with Crippen LogP contribution in [0.5, 0.6) is 5.75 Å². The van der Waals surface area contributed by atoms with E-state index in [9.17, 15) is 5.21 Å². The predicted octanol–water partition coefficient (Wildman–Crippen LogP) is 2.19. The summed E-state index contributed by atoms with van der Waals surface area (Å²) in [6, 6.07) is 7.34. The van der Waals surface area contributed by atoms with E-state index in [0.29, 0.717) is 5.75 Å². The van der Waals surface area contributed by atoms with Gasteiger partial charge in [-0.2, -0.15) is 5.23 Å². The third kappa shape index (κ3) is 3.00. The Labute approximate surface area is 108 Å². The van der Waals surface area contributed by atoms with Crippen molar-refractivity contribution in [1.82, 2.24) is 0 Å². The molecule has 1 aromatic carbocycles. The maximum Gasteiger partial charge on any atom is 0.190 e. The zero-order chi connectivity index (χ0) is 13.1. The third-order valence-corrected chi connectivity index (χ3v) is 3.17. The Balaban J connectivity index is 2.02. The normalized spacial score (nSPS) is 24.6. The summed E-state index contributed by atoms with van der Waals surface area (Å²) in [5.74, 6) is 0.797. The Bertz CT molecular complexity index is 462. The average Bonchev–Trinajstić information content (AvgIpc) is 2.32. The van der Waals surface area contributed by atoms with E-state index < -0.39 is 0 Å². The Morgan fingerprint density at radius 2 is 1.83 bits per heavy atom. The molecule has 96 valence electrons. The lowest BCUT2D eigenvalue weighted by atomic mass is 9.94. The Morgan fingerprint density at radius 3 is 2.44 bits per heavy atom. The van der Waals surface area contributed by atoms with Crippen molar-refractivity contribution in [2.45, 2.75) is 26.8 Å². The fraction of sp³-hybridized carbons (Fsp3) is 0.333. The minimum atomic E-state index is -0.189. The van der Waals surface area contributed by atoms with Crippen LogP contribution in [-0.2, 0) is 0 Å². The van der Waals surface area contributed by atoms with Crippen molar-refractivity contribution in [3.8, 4) is 5.75 Å². The Morgan fingerprint density at radius 1 is 1.17 bits per heavy atom. The van der Waals surface area contributed by atoms with Crippen LogP contribution in [0.4, 0.5) is 0 Å². The molecular formula is C15H19NO2. The van der Waals surface area contributed by atoms with E-state index in [-0.39, 0.29) is 17.2 Å². The van der Waals surface area contributed by atoms with E-state index in [0.717, 1.165) is 5.56 Å². The predicted molar refractivity (Wildman–Crippen MR) is 72.0 cm³/mol. The molecule has 3 unspecified atom stereocenters. The summed E-state index contributed by atoms with van der Waals surface area (Å²) in [6.45, 7) is 6.08. The third-order valence-electron chi connectivity index (χ3n) is 3.17. The van der Waals surface area contributed by atoms with Gasteiger partial charge >= 0.3 is 0 Å². The highest BCUT2D eigenvalue weighted by molar-refractivity contribution is 5.26. The second kappa shape index (κ2) is 5.38. The van der Waals surface area contributed by atoms with Gasteiger partial charge in [-0.05, 0) is 32.1 Å². The van der Waals surface area contributed by atoms with Crippen molar-refractivity contribution < 1.29 is 10.1 Å². The molecule has 1 N–H and O–H groups in total. The number of quaternary nitrogens is 1. The van der Waals surface area contributed by atoms with Gasteiger partial charge in [0.2, 0.25) is 0 Å². The number of hydrogen-bond donors (Lipinski definition) is 1. The summed E-state index contributed by atoms with van der Waals surface area (Å²) in [4.78, 5) is 5.40. The SMILES string of the molecule is CC1=CC(C)C([NH+]([O-])Oc2ccc(C)cc2)C=C1. The van der Waals surface area contributed by atoms with Gasteiger partial charge in [-0.25, -0.2) is 0 Å². The summed E-state index contributed by atoms with van der Waals surface area (Å²) in [7, 11) is 0. The highest BCUT2D eigenvalue weighted by atomic mass is 16.9. The topological polar surface area (TPSA) is 36.7 Å². The van der Waals surface area contributed by atoms with E-state index in [1.807, 2.05) is 57.2 Å². The standard InChI is InChI=1S/C15H19NO2/c1-11-4-7-14(8-5-11)18-16(17)15-9-6-12(2)10-13(15)3/h4-10,13,15-16H,1-3H3. The fourth-order valence-corrected chi connectivity index (χ4v) is 2.09. The number of hydroxylamine groups is 2. The molecule has 0 bridgehead atoms. The highest BCUT2D eigenvalue weighted by Crippen LogP contribution is 2.15. The van der Waals surface area contributed by atoms with Crippen LogP contribution >= 0.6 is 0 Å². The molecule has 0 saturated carbocycles. The molecule has 0 aliphatic heterocycles. The van der Waals surface area contributed by atoms with Crippen LogP contribution in [0.1, 0.15) is 19.4 Å². The first-order chi connectivity index (χ1) is 8.56. The molecule has 3 atom stereocenters. The summed E-state index contributed by atoms with van der Waals surface area (Å²) < 4.78 is 0. The maximum atomic E-state index is 12.1. The molecule has 1 aromatic rings. The molecule has 2 rings (SSSR count). The van der Waals surface area contributed by atoms with E-state index in [1.54, 1.807) is 0 Å². The van der Waals surface area contributed by atoms with Gasteiger partial charge in [-0.1, -0.05) is 42.3 Å². The lowest BCUT2D eigenvalue weighted by Gasteiger charge is -2.31. The van der Waals surface area contributed by atoms with E-state index in [2.05, 4.69) is 6.08 Å². The van der Waals surface area contributed by atoms with Gasteiger partial charge in [0.1, 0.15) is 0 Å². The van der Waals surface area contributed by atoms with Crippen molar-refractivity contribution in [3.05, 3.63) is 58.8 Å². The van der Waals surface area contributed by atoms with Crippen LogP contribution in [0, 0.1) is 18.0 Å². The van der Waals surface area contributed by atoms with Crippen LogP contribution in [-0.4, -0.2) is 6.04 Å². The first-order valence-corrected chi connectivity index (χ1v) is 6.21. The molecule has 1 aliphatic carbocycles. The van der Waals surface area contributed by atoms with E-state index >= 15 is 0 Å². The zero-order valence-corrected chi connectivity index (χ0v) is 11.0. The average molecular weight is 245 g/mol. The second-order valence-corrected chi connectivity index (χ2v) is 4.89. The maximum absolute atomic E-state index is 12.1. The monoisotopic (exact) mass is 245 g/mol. The summed E-state index contributed by atoms with van der Waals surface area (Å²) >= 11 is 0. The number of hydrogen-bond acceptors (Lipinski definition) is 2. The van der Waals surface area contributed by atoms with Crippen LogP contribution in [0.3, 0.4) is 0 Å². The molecule has 1 aliphatic rings. The lowest BCUT2D eigenvalue weighted by Crippen LogP contribution is -3.13. The smallest absolute Gasteiger partial charge is 0.190 e. The van der Waals surface area contributed by atoms with Gasteiger partial charge < -0.3 is 10.0 Å². The molecule has 18 heavy (non-hydrogen) atoms. The van der Waals surface area contributed by atoms with Crippen LogP contribution < -0.4 is 10.1 Å². The molecule has 3 heteroatoms. The highest BCUT2D eigenvalue weighted by Gasteiger charge is 2.23. The molecule has 0 spiro atoms. The van der Waals surface area contributed by atoms with Crippen molar-refractivity contribution in [2.75, 3.05) is 0 Å². The zero-order valence-electron chi connectivity index (χ0n) is 11.0. The quantitative estimate of drug-likeness (QED) is 0.829. The van der Waals surface area contributed by atoms with Crippen molar-refractivity contribution >= 4 is 0 Å². The minimum Gasteiger partial charge on any atom is -0.590 e. The van der Waals surface area contributed by atoms with Crippen LogP contribution in [0.15, 0.2) is 48.1 Å². The van der Waals surface area contributed by atoms with Crippen molar-refractivity contribution in [3.63, 3.8) is 0 Å². The summed E-state index contributed by atoms with van der Waals surface area (Å²) in [5.41, 5.74) is 2.35. The van der Waals surface area contributed by atoms with Gasteiger partial charge in [0, 0.05) is 5.92 Å². The summed E-state index contributed by atoms with van der Waals surface area (Å²) in [6.07, 6.45) is 6.00. The van der Waals surface area contributed by atoms with Gasteiger partial charge in [0.05, 0.1) is 0 Å². The largest absolute Gasteiger partial charge is 0.590 e. The number of rotatable bonds is 3. The number of aryl methyl sites for hydroxylation is 1. The number of nitrogens with one attached hydrogen (secondary N) is 1. The molecule has 0 heterocycles. The molecule has 0 radical (unpaired) electrons. The van der Waals surface area contributed by atoms with Gasteiger partial charge in [-0.15, -0.1) is 0 Å². The molecule has 0 aromatic heterocycles. The molecule has 3 nitrogen and oxygen atoms in total. The van der Waals surface area contributed by atoms with Gasteiger partial charge in [0.25, 0.3) is 0 Å². The second-order valence-electron chi connectivity index (χ2n) is 4.89. The first kappa shape index (κ1) is 12.9. The molecule has 0 amide bonds. The van der Waals surface area contributed by atoms with Gasteiger partial charge in [-0.3, -0.25) is 0 Å². The molecular weight excluding hydrogens is 226 g/mol.